The lowest BCUT2D eigenvalue weighted by atomic mass is 9.86. The second-order valence-corrected chi connectivity index (χ2v) is 5.26. The Kier molecular flexibility index (Phi) is 5.33. The second-order valence-electron chi connectivity index (χ2n) is 4.82. The molecule has 0 heterocycles. The molecular formula is C12H22N2O2S. The van der Waals surface area contributed by atoms with Crippen LogP contribution in [0.1, 0.15) is 33.1 Å². The number of thiocarbonyl (C=S) groups is 1. The van der Waals surface area contributed by atoms with Crippen LogP contribution in [0.3, 0.4) is 0 Å². The highest BCUT2D eigenvalue weighted by Gasteiger charge is 2.34. The average Bonchev–Trinajstić information content (AvgIpc) is 3.10. The van der Waals surface area contributed by atoms with Gasteiger partial charge in [-0.25, -0.2) is 0 Å². The van der Waals surface area contributed by atoms with Crippen molar-refractivity contribution in [1.82, 2.24) is 5.32 Å². The van der Waals surface area contributed by atoms with Crippen molar-refractivity contribution < 1.29 is 9.53 Å². The lowest BCUT2D eigenvalue weighted by Gasteiger charge is -2.25. The molecule has 0 aromatic rings. The summed E-state index contributed by atoms with van der Waals surface area (Å²) in [5.41, 5.74) is 4.86. The van der Waals surface area contributed by atoms with Crippen molar-refractivity contribution in [2.75, 3.05) is 19.8 Å². The molecule has 0 aliphatic heterocycles. The highest BCUT2D eigenvalue weighted by molar-refractivity contribution is 7.80. The van der Waals surface area contributed by atoms with E-state index in [1.54, 1.807) is 6.92 Å². The summed E-state index contributed by atoms with van der Waals surface area (Å²) in [6.07, 6.45) is 3.17. The van der Waals surface area contributed by atoms with Gasteiger partial charge in [0, 0.05) is 13.2 Å². The van der Waals surface area contributed by atoms with Crippen molar-refractivity contribution in [2.24, 2.45) is 17.1 Å². The van der Waals surface area contributed by atoms with Gasteiger partial charge in [0.05, 0.1) is 17.0 Å². The Balaban J connectivity index is 2.19. The minimum absolute atomic E-state index is 0.109. The molecule has 98 valence electrons. The summed E-state index contributed by atoms with van der Waals surface area (Å²) in [5, 5.41) is 2.82. The zero-order valence-corrected chi connectivity index (χ0v) is 11.4. The molecule has 0 spiro atoms. The highest BCUT2D eigenvalue weighted by atomic mass is 32.1. The maximum atomic E-state index is 11.9. The van der Waals surface area contributed by atoms with Gasteiger partial charge in [0.2, 0.25) is 5.91 Å². The van der Waals surface area contributed by atoms with E-state index in [9.17, 15) is 4.79 Å². The normalized spacial score (nSPS) is 18.5. The number of amides is 1. The van der Waals surface area contributed by atoms with E-state index in [-0.39, 0.29) is 10.9 Å². The summed E-state index contributed by atoms with van der Waals surface area (Å²) in [6, 6.07) is 0. The van der Waals surface area contributed by atoms with Gasteiger partial charge >= 0.3 is 0 Å². The maximum Gasteiger partial charge on any atom is 0.232 e. The van der Waals surface area contributed by atoms with E-state index >= 15 is 0 Å². The highest BCUT2D eigenvalue weighted by Crippen LogP contribution is 2.28. The fourth-order valence-corrected chi connectivity index (χ4v) is 1.65. The van der Waals surface area contributed by atoms with Crippen molar-refractivity contribution in [1.29, 1.82) is 0 Å². The van der Waals surface area contributed by atoms with Gasteiger partial charge in [0.25, 0.3) is 0 Å². The number of ether oxygens (including phenoxy) is 1. The first-order valence-electron chi connectivity index (χ1n) is 6.16. The van der Waals surface area contributed by atoms with Crippen LogP contribution in [0.2, 0.25) is 0 Å². The van der Waals surface area contributed by atoms with E-state index in [1.807, 2.05) is 6.92 Å². The van der Waals surface area contributed by atoms with E-state index in [2.05, 4.69) is 5.32 Å². The predicted octanol–water partition coefficient (Wildman–Crippen LogP) is 1.23. The molecule has 0 saturated heterocycles. The maximum absolute atomic E-state index is 11.9. The molecule has 1 rings (SSSR count). The molecule has 4 nitrogen and oxygen atoms in total. The molecule has 1 saturated carbocycles. The largest absolute Gasteiger partial charge is 0.392 e. The second kappa shape index (κ2) is 6.31. The van der Waals surface area contributed by atoms with Crippen molar-refractivity contribution >= 4 is 23.1 Å². The Morgan fingerprint density at radius 1 is 1.59 bits per heavy atom. The number of nitrogens with two attached hydrogens (primary N) is 1. The van der Waals surface area contributed by atoms with Crippen LogP contribution in [0.4, 0.5) is 0 Å². The van der Waals surface area contributed by atoms with Gasteiger partial charge in [0.1, 0.15) is 0 Å². The van der Waals surface area contributed by atoms with Crippen LogP contribution in [0.15, 0.2) is 0 Å². The molecule has 0 aromatic heterocycles. The number of carbonyl (C=O) groups excluding carboxylic acids is 1. The van der Waals surface area contributed by atoms with Crippen LogP contribution in [-0.4, -0.2) is 30.7 Å². The van der Waals surface area contributed by atoms with Crippen LogP contribution >= 0.6 is 12.2 Å². The molecule has 1 amide bonds. The standard InChI is InChI=1S/C12H22N2O2S/c1-3-12(2,10(13)17)11(15)14-6-7-16-8-9-4-5-9/h9H,3-8H2,1-2H3,(H2,13,17)(H,14,15). The Hall–Kier alpha value is -0.680. The quantitative estimate of drug-likeness (QED) is 0.508. The first kappa shape index (κ1) is 14.4. The third-order valence-electron chi connectivity index (χ3n) is 3.33. The van der Waals surface area contributed by atoms with Crippen LogP contribution < -0.4 is 11.1 Å². The fraction of sp³-hybridized carbons (Fsp3) is 0.833. The molecule has 1 aliphatic carbocycles. The van der Waals surface area contributed by atoms with E-state index in [0.717, 1.165) is 12.5 Å². The molecule has 1 aliphatic rings. The van der Waals surface area contributed by atoms with Crippen molar-refractivity contribution in [3.63, 3.8) is 0 Å². The topological polar surface area (TPSA) is 64.3 Å². The lowest BCUT2D eigenvalue weighted by Crippen LogP contribution is -2.47. The summed E-state index contributed by atoms with van der Waals surface area (Å²) < 4.78 is 5.44. The molecule has 0 bridgehead atoms. The van der Waals surface area contributed by atoms with Gasteiger partial charge in [0.15, 0.2) is 0 Å². The Morgan fingerprint density at radius 2 is 2.24 bits per heavy atom. The molecule has 5 heteroatoms. The Labute approximate surface area is 108 Å². The third kappa shape index (κ3) is 4.24. The Morgan fingerprint density at radius 3 is 2.71 bits per heavy atom. The number of carbonyl (C=O) groups is 1. The molecular weight excluding hydrogens is 236 g/mol. The summed E-state index contributed by atoms with van der Waals surface area (Å²) >= 11 is 4.94. The van der Waals surface area contributed by atoms with Gasteiger partial charge in [-0.2, -0.15) is 0 Å². The van der Waals surface area contributed by atoms with E-state index in [4.69, 9.17) is 22.7 Å². The molecule has 1 atom stereocenters. The van der Waals surface area contributed by atoms with Gasteiger partial charge < -0.3 is 15.8 Å². The zero-order chi connectivity index (χ0) is 12.9. The predicted molar refractivity (Wildman–Crippen MR) is 71.7 cm³/mol. The van der Waals surface area contributed by atoms with E-state index in [1.165, 1.54) is 12.8 Å². The Bertz CT molecular complexity index is 292. The summed E-state index contributed by atoms with van der Waals surface area (Å²) in [6.45, 7) is 5.57. The smallest absolute Gasteiger partial charge is 0.232 e. The van der Waals surface area contributed by atoms with Crippen LogP contribution in [0, 0.1) is 11.3 Å². The van der Waals surface area contributed by atoms with Crippen molar-refractivity contribution in [2.45, 2.75) is 33.1 Å². The molecule has 0 radical (unpaired) electrons. The summed E-state index contributed by atoms with van der Waals surface area (Å²) in [7, 11) is 0. The van der Waals surface area contributed by atoms with Gasteiger partial charge in [-0.05, 0) is 32.1 Å². The summed E-state index contributed by atoms with van der Waals surface area (Å²) in [5.74, 6) is 0.644. The molecule has 3 N–H and O–H groups in total. The fourth-order valence-electron chi connectivity index (χ4n) is 1.41. The molecule has 1 unspecified atom stereocenters. The first-order chi connectivity index (χ1) is 8.00. The van der Waals surface area contributed by atoms with Crippen LogP contribution in [0.5, 0.6) is 0 Å². The van der Waals surface area contributed by atoms with E-state index in [0.29, 0.717) is 19.6 Å². The number of hydrogen-bond acceptors (Lipinski definition) is 3. The average molecular weight is 258 g/mol. The SMILES string of the molecule is CCC(C)(C(=O)NCCOCC1CC1)C(N)=S. The number of nitrogens with one attached hydrogen (secondary N) is 1. The van der Waals surface area contributed by atoms with Crippen molar-refractivity contribution in [3.05, 3.63) is 0 Å². The minimum atomic E-state index is -0.744. The minimum Gasteiger partial charge on any atom is -0.392 e. The zero-order valence-electron chi connectivity index (χ0n) is 10.6. The van der Waals surface area contributed by atoms with Crippen LogP contribution in [-0.2, 0) is 9.53 Å². The molecule has 0 aromatic carbocycles. The van der Waals surface area contributed by atoms with Crippen molar-refractivity contribution in [3.8, 4) is 0 Å². The summed E-state index contributed by atoms with van der Waals surface area (Å²) in [4.78, 5) is 12.2. The van der Waals surface area contributed by atoms with Gasteiger partial charge in [-0.15, -0.1) is 0 Å². The molecule has 1 fully saturated rings. The van der Waals surface area contributed by atoms with Gasteiger partial charge in [-0.1, -0.05) is 19.1 Å². The monoisotopic (exact) mass is 258 g/mol. The first-order valence-corrected chi connectivity index (χ1v) is 6.57. The van der Waals surface area contributed by atoms with Crippen LogP contribution in [0.25, 0.3) is 0 Å². The molecule has 17 heavy (non-hydrogen) atoms. The third-order valence-corrected chi connectivity index (χ3v) is 3.79. The van der Waals surface area contributed by atoms with E-state index < -0.39 is 5.41 Å². The lowest BCUT2D eigenvalue weighted by molar-refractivity contribution is -0.127. The number of rotatable bonds is 8. The number of hydrogen-bond donors (Lipinski definition) is 2. The van der Waals surface area contributed by atoms with Gasteiger partial charge in [-0.3, -0.25) is 4.79 Å².